The molecule has 2 atom stereocenters. The van der Waals surface area contributed by atoms with E-state index in [0.29, 0.717) is 19.6 Å². The molecule has 112 valence electrons. The molecule has 0 spiro atoms. The molecule has 0 fully saturated rings. The molecule has 0 aromatic heterocycles. The molecule has 0 aliphatic rings. The highest BCUT2D eigenvalue weighted by Crippen LogP contribution is 2.14. The third-order valence-corrected chi connectivity index (χ3v) is 2.73. The fourth-order valence-corrected chi connectivity index (χ4v) is 1.79. The van der Waals surface area contributed by atoms with Gasteiger partial charge in [-0.15, -0.1) is 0 Å². The molecule has 0 radical (unpaired) electrons. The second kappa shape index (κ2) is 8.52. The van der Waals surface area contributed by atoms with E-state index in [1.807, 2.05) is 34.6 Å². The molecule has 0 heterocycles. The van der Waals surface area contributed by atoms with Gasteiger partial charge < -0.3 is 9.47 Å². The van der Waals surface area contributed by atoms with Crippen LogP contribution in [0.3, 0.4) is 0 Å². The summed E-state index contributed by atoms with van der Waals surface area (Å²) in [5, 5.41) is 12.5. The Morgan fingerprint density at radius 3 is 2.32 bits per heavy atom. The second-order valence-electron chi connectivity index (χ2n) is 6.22. The standard InChI is InChI=1S/C15H30N2O2/c1-7-8-17-15(6,12-16)11-13(2)18-9-10-19-14(3,4)5/h13,17H,7-11H2,1-6H3. The van der Waals surface area contributed by atoms with Crippen molar-refractivity contribution < 1.29 is 9.47 Å². The lowest BCUT2D eigenvalue weighted by Gasteiger charge is -2.27. The lowest BCUT2D eigenvalue weighted by Crippen LogP contribution is -2.44. The summed E-state index contributed by atoms with van der Waals surface area (Å²) in [6, 6.07) is 2.34. The van der Waals surface area contributed by atoms with E-state index in [0.717, 1.165) is 13.0 Å². The Morgan fingerprint density at radius 1 is 1.21 bits per heavy atom. The van der Waals surface area contributed by atoms with Crippen LogP contribution >= 0.6 is 0 Å². The van der Waals surface area contributed by atoms with Gasteiger partial charge in [-0.2, -0.15) is 5.26 Å². The zero-order valence-corrected chi connectivity index (χ0v) is 13.4. The minimum absolute atomic E-state index is 0.0394. The van der Waals surface area contributed by atoms with Crippen molar-refractivity contribution in [1.82, 2.24) is 5.32 Å². The second-order valence-corrected chi connectivity index (χ2v) is 6.22. The van der Waals surface area contributed by atoms with E-state index in [1.54, 1.807) is 0 Å². The van der Waals surface area contributed by atoms with Crippen LogP contribution in [0.4, 0.5) is 0 Å². The van der Waals surface area contributed by atoms with Gasteiger partial charge in [0.2, 0.25) is 0 Å². The molecule has 0 saturated carbocycles. The first kappa shape index (κ1) is 18.4. The van der Waals surface area contributed by atoms with Gasteiger partial charge in [-0.1, -0.05) is 6.92 Å². The first-order valence-corrected chi connectivity index (χ1v) is 7.14. The van der Waals surface area contributed by atoms with Crippen molar-refractivity contribution in [3.8, 4) is 6.07 Å². The fourth-order valence-electron chi connectivity index (χ4n) is 1.79. The number of nitrogens with zero attached hydrogens (tertiary/aromatic N) is 1. The zero-order valence-electron chi connectivity index (χ0n) is 13.4. The topological polar surface area (TPSA) is 54.3 Å². The largest absolute Gasteiger partial charge is 0.376 e. The van der Waals surface area contributed by atoms with Gasteiger partial charge in [-0.05, 0) is 47.6 Å². The summed E-state index contributed by atoms with van der Waals surface area (Å²) in [6.45, 7) is 14.1. The molecule has 0 amide bonds. The van der Waals surface area contributed by atoms with Gasteiger partial charge in [-0.3, -0.25) is 5.32 Å². The number of hydrogen-bond acceptors (Lipinski definition) is 4. The van der Waals surface area contributed by atoms with Gasteiger partial charge in [0.25, 0.3) is 0 Å². The van der Waals surface area contributed by atoms with E-state index in [-0.39, 0.29) is 11.7 Å². The van der Waals surface area contributed by atoms with E-state index in [2.05, 4.69) is 18.3 Å². The van der Waals surface area contributed by atoms with Crippen LogP contribution in [0.5, 0.6) is 0 Å². The summed E-state index contributed by atoms with van der Waals surface area (Å²) in [5.74, 6) is 0. The van der Waals surface area contributed by atoms with Crippen LogP contribution in [0.2, 0.25) is 0 Å². The van der Waals surface area contributed by atoms with Crippen LogP contribution in [-0.2, 0) is 9.47 Å². The molecule has 19 heavy (non-hydrogen) atoms. The predicted molar refractivity (Wildman–Crippen MR) is 78.0 cm³/mol. The monoisotopic (exact) mass is 270 g/mol. The van der Waals surface area contributed by atoms with Crippen molar-refractivity contribution >= 4 is 0 Å². The van der Waals surface area contributed by atoms with Gasteiger partial charge in [0.15, 0.2) is 0 Å². The van der Waals surface area contributed by atoms with Gasteiger partial charge in [0.05, 0.1) is 31.0 Å². The van der Waals surface area contributed by atoms with Crippen molar-refractivity contribution in [2.24, 2.45) is 0 Å². The van der Waals surface area contributed by atoms with Crippen LogP contribution in [0.1, 0.15) is 54.4 Å². The van der Waals surface area contributed by atoms with Crippen LogP contribution in [0.25, 0.3) is 0 Å². The average Bonchev–Trinajstić information content (AvgIpc) is 2.31. The molecule has 0 rings (SSSR count). The number of rotatable bonds is 9. The van der Waals surface area contributed by atoms with Crippen molar-refractivity contribution in [1.29, 1.82) is 5.26 Å². The zero-order chi connectivity index (χ0) is 14.9. The highest BCUT2D eigenvalue weighted by Gasteiger charge is 2.25. The molecule has 0 aromatic rings. The highest BCUT2D eigenvalue weighted by molar-refractivity contribution is 5.04. The van der Waals surface area contributed by atoms with Crippen molar-refractivity contribution in [3.63, 3.8) is 0 Å². The maximum Gasteiger partial charge on any atom is 0.106 e. The summed E-state index contributed by atoms with van der Waals surface area (Å²) < 4.78 is 11.3. The number of ether oxygens (including phenoxy) is 2. The SMILES string of the molecule is CCCNC(C)(C#N)CC(C)OCCOC(C)(C)C. The Bertz CT molecular complexity index is 281. The van der Waals surface area contributed by atoms with E-state index in [1.165, 1.54) is 0 Å². The Balaban J connectivity index is 3.95. The minimum Gasteiger partial charge on any atom is -0.376 e. The minimum atomic E-state index is -0.514. The number of hydrogen-bond donors (Lipinski definition) is 1. The Hall–Kier alpha value is -0.630. The van der Waals surface area contributed by atoms with Gasteiger partial charge in [0, 0.05) is 6.42 Å². The van der Waals surface area contributed by atoms with Crippen molar-refractivity contribution in [2.75, 3.05) is 19.8 Å². The van der Waals surface area contributed by atoms with Crippen LogP contribution < -0.4 is 5.32 Å². The first-order chi connectivity index (χ1) is 8.72. The number of nitriles is 1. The van der Waals surface area contributed by atoms with E-state index in [9.17, 15) is 5.26 Å². The maximum atomic E-state index is 9.25. The molecular weight excluding hydrogens is 240 g/mol. The van der Waals surface area contributed by atoms with Crippen molar-refractivity contribution in [3.05, 3.63) is 0 Å². The lowest BCUT2D eigenvalue weighted by atomic mass is 9.96. The Morgan fingerprint density at radius 2 is 1.84 bits per heavy atom. The molecule has 0 aromatic carbocycles. The molecule has 0 bridgehead atoms. The Labute approximate surface area is 118 Å². The first-order valence-electron chi connectivity index (χ1n) is 7.14. The molecule has 2 unspecified atom stereocenters. The normalized spacial score (nSPS) is 16.7. The smallest absolute Gasteiger partial charge is 0.106 e. The summed E-state index contributed by atoms with van der Waals surface area (Å²) in [6.07, 6.45) is 1.74. The van der Waals surface area contributed by atoms with E-state index < -0.39 is 5.54 Å². The van der Waals surface area contributed by atoms with Crippen molar-refractivity contribution in [2.45, 2.75) is 71.6 Å². The molecule has 4 heteroatoms. The Kier molecular flexibility index (Phi) is 8.24. The predicted octanol–water partition coefficient (Wildman–Crippen LogP) is 2.88. The fraction of sp³-hybridized carbons (Fsp3) is 0.933. The third kappa shape index (κ3) is 9.89. The quantitative estimate of drug-likeness (QED) is 0.655. The maximum absolute atomic E-state index is 9.25. The molecular formula is C15H30N2O2. The van der Waals surface area contributed by atoms with Crippen LogP contribution in [0.15, 0.2) is 0 Å². The molecule has 0 aliphatic carbocycles. The van der Waals surface area contributed by atoms with Gasteiger partial charge >= 0.3 is 0 Å². The number of nitrogens with one attached hydrogen (secondary N) is 1. The molecule has 1 N–H and O–H groups in total. The van der Waals surface area contributed by atoms with Crippen LogP contribution in [-0.4, -0.2) is 37.0 Å². The van der Waals surface area contributed by atoms with Gasteiger partial charge in [-0.25, -0.2) is 0 Å². The summed E-state index contributed by atoms with van der Waals surface area (Å²) in [5.41, 5.74) is -0.642. The van der Waals surface area contributed by atoms with E-state index in [4.69, 9.17) is 9.47 Å². The summed E-state index contributed by atoms with van der Waals surface area (Å²) >= 11 is 0. The third-order valence-electron chi connectivity index (χ3n) is 2.73. The highest BCUT2D eigenvalue weighted by atomic mass is 16.5. The molecule has 0 aliphatic heterocycles. The van der Waals surface area contributed by atoms with Gasteiger partial charge in [0.1, 0.15) is 5.54 Å². The summed E-state index contributed by atoms with van der Waals surface area (Å²) in [4.78, 5) is 0. The molecule has 4 nitrogen and oxygen atoms in total. The average molecular weight is 270 g/mol. The lowest BCUT2D eigenvalue weighted by molar-refractivity contribution is -0.0519. The van der Waals surface area contributed by atoms with E-state index >= 15 is 0 Å². The van der Waals surface area contributed by atoms with Crippen LogP contribution in [0, 0.1) is 11.3 Å². The molecule has 0 saturated heterocycles. The summed E-state index contributed by atoms with van der Waals surface area (Å²) in [7, 11) is 0.